The van der Waals surface area contributed by atoms with E-state index in [-0.39, 0.29) is 11.3 Å². The van der Waals surface area contributed by atoms with Crippen molar-refractivity contribution < 1.29 is 8.42 Å². The van der Waals surface area contributed by atoms with E-state index in [2.05, 4.69) is 23.9 Å². The van der Waals surface area contributed by atoms with Crippen LogP contribution in [-0.4, -0.2) is 32.3 Å². The monoisotopic (exact) mass is 262 g/mol. The molecule has 17 heavy (non-hydrogen) atoms. The summed E-state index contributed by atoms with van der Waals surface area (Å²) in [6.45, 7) is 8.83. The molecular weight excluding hydrogens is 236 g/mol. The van der Waals surface area contributed by atoms with Crippen molar-refractivity contribution >= 4 is 10.0 Å². The quantitative estimate of drug-likeness (QED) is 0.652. The van der Waals surface area contributed by atoms with Crippen LogP contribution in [0.1, 0.15) is 47.0 Å². The van der Waals surface area contributed by atoms with Crippen molar-refractivity contribution in [1.82, 2.24) is 10.0 Å². The highest BCUT2D eigenvalue weighted by atomic mass is 32.2. The van der Waals surface area contributed by atoms with Gasteiger partial charge in [0, 0.05) is 11.6 Å². The van der Waals surface area contributed by atoms with Crippen LogP contribution in [-0.2, 0) is 10.0 Å². The van der Waals surface area contributed by atoms with Gasteiger partial charge in [0.15, 0.2) is 0 Å². The smallest absolute Gasteiger partial charge is 0.212 e. The molecule has 1 aliphatic rings. The van der Waals surface area contributed by atoms with E-state index in [0.29, 0.717) is 18.4 Å². The summed E-state index contributed by atoms with van der Waals surface area (Å²) in [5, 5.41) is 3.22. The molecule has 0 spiro atoms. The molecule has 0 amide bonds. The van der Waals surface area contributed by atoms with Gasteiger partial charge in [-0.3, -0.25) is 0 Å². The highest BCUT2D eigenvalue weighted by Crippen LogP contribution is 2.39. The van der Waals surface area contributed by atoms with E-state index < -0.39 is 10.0 Å². The third kappa shape index (κ3) is 5.84. The zero-order valence-corrected chi connectivity index (χ0v) is 12.2. The zero-order chi connectivity index (χ0) is 13.1. The van der Waals surface area contributed by atoms with Crippen LogP contribution in [0.3, 0.4) is 0 Å². The van der Waals surface area contributed by atoms with Gasteiger partial charge in [-0.25, -0.2) is 13.1 Å². The fourth-order valence-electron chi connectivity index (χ4n) is 1.99. The summed E-state index contributed by atoms with van der Waals surface area (Å²) in [5.41, 5.74) is -0.274. The molecule has 4 nitrogen and oxygen atoms in total. The van der Waals surface area contributed by atoms with E-state index in [0.717, 1.165) is 19.4 Å². The van der Waals surface area contributed by atoms with Gasteiger partial charge in [0.05, 0.1) is 5.75 Å². The maximum Gasteiger partial charge on any atom is 0.212 e. The number of nitrogens with one attached hydrogen (secondary N) is 2. The molecule has 0 heterocycles. The second kappa shape index (κ2) is 5.67. The Kier molecular flexibility index (Phi) is 4.98. The van der Waals surface area contributed by atoms with Crippen LogP contribution in [0.5, 0.6) is 0 Å². The van der Waals surface area contributed by atoms with Gasteiger partial charge in [0.1, 0.15) is 0 Å². The highest BCUT2D eigenvalue weighted by Gasteiger charge is 2.40. The first-order valence-electron chi connectivity index (χ1n) is 6.48. The molecule has 0 saturated heterocycles. The molecule has 0 radical (unpaired) electrons. The first-order valence-corrected chi connectivity index (χ1v) is 8.13. The third-order valence-electron chi connectivity index (χ3n) is 3.16. The minimum Gasteiger partial charge on any atom is -0.314 e. The van der Waals surface area contributed by atoms with Crippen molar-refractivity contribution in [2.75, 3.05) is 12.3 Å². The van der Waals surface area contributed by atoms with Gasteiger partial charge in [-0.05, 0) is 45.6 Å². The molecule has 1 fully saturated rings. The average Bonchev–Trinajstić information content (AvgIpc) is 2.93. The summed E-state index contributed by atoms with van der Waals surface area (Å²) in [6.07, 6.45) is 2.95. The lowest BCUT2D eigenvalue weighted by molar-refractivity contribution is 0.400. The molecule has 0 aliphatic heterocycles. The van der Waals surface area contributed by atoms with Gasteiger partial charge >= 0.3 is 0 Å². The molecule has 0 bridgehead atoms. The number of rotatable bonds is 8. The van der Waals surface area contributed by atoms with Crippen molar-refractivity contribution in [1.29, 1.82) is 0 Å². The summed E-state index contributed by atoms with van der Waals surface area (Å²) >= 11 is 0. The molecule has 0 aromatic heterocycles. The van der Waals surface area contributed by atoms with Crippen LogP contribution in [0.25, 0.3) is 0 Å². The molecule has 102 valence electrons. The van der Waals surface area contributed by atoms with E-state index in [1.54, 1.807) is 0 Å². The number of sulfonamides is 1. The van der Waals surface area contributed by atoms with Gasteiger partial charge in [-0.1, -0.05) is 13.8 Å². The Balaban J connectivity index is 2.30. The molecule has 0 atom stereocenters. The first kappa shape index (κ1) is 14.9. The largest absolute Gasteiger partial charge is 0.314 e. The van der Waals surface area contributed by atoms with Crippen molar-refractivity contribution in [3.05, 3.63) is 0 Å². The van der Waals surface area contributed by atoms with E-state index in [1.165, 1.54) is 0 Å². The van der Waals surface area contributed by atoms with E-state index >= 15 is 0 Å². The van der Waals surface area contributed by atoms with Gasteiger partial charge in [0.2, 0.25) is 10.0 Å². The predicted octanol–water partition coefficient (Wildman–Crippen LogP) is 1.48. The third-order valence-corrected chi connectivity index (χ3v) is 4.82. The highest BCUT2D eigenvalue weighted by molar-refractivity contribution is 7.89. The molecule has 0 aromatic rings. The molecule has 0 unspecified atom stereocenters. The van der Waals surface area contributed by atoms with Gasteiger partial charge in [0.25, 0.3) is 0 Å². The van der Waals surface area contributed by atoms with Crippen LogP contribution in [0.15, 0.2) is 0 Å². The fraction of sp³-hybridized carbons (Fsp3) is 1.00. The van der Waals surface area contributed by atoms with Crippen LogP contribution in [0.4, 0.5) is 0 Å². The summed E-state index contributed by atoms with van der Waals surface area (Å²) in [5.74, 6) is 0.731. The average molecular weight is 262 g/mol. The molecule has 1 rings (SSSR count). The maximum absolute atomic E-state index is 11.9. The molecule has 1 aliphatic carbocycles. The second-order valence-corrected chi connectivity index (χ2v) is 7.72. The maximum atomic E-state index is 11.9. The van der Waals surface area contributed by atoms with E-state index in [1.807, 2.05) is 13.8 Å². The predicted molar refractivity (Wildman–Crippen MR) is 71.5 cm³/mol. The van der Waals surface area contributed by atoms with Crippen LogP contribution in [0.2, 0.25) is 0 Å². The number of hydrogen-bond acceptors (Lipinski definition) is 3. The van der Waals surface area contributed by atoms with Crippen molar-refractivity contribution in [2.45, 2.75) is 58.5 Å². The summed E-state index contributed by atoms with van der Waals surface area (Å²) in [4.78, 5) is 0. The molecule has 2 N–H and O–H groups in total. The Morgan fingerprint density at radius 2 is 1.88 bits per heavy atom. The van der Waals surface area contributed by atoms with Crippen LogP contribution in [0, 0.1) is 5.92 Å². The Morgan fingerprint density at radius 3 is 2.35 bits per heavy atom. The lowest BCUT2D eigenvalue weighted by atomic mass is 10.0. The lowest BCUT2D eigenvalue weighted by Gasteiger charge is -2.25. The Hall–Kier alpha value is -0.130. The Labute approximate surface area is 106 Å². The van der Waals surface area contributed by atoms with Gasteiger partial charge in [-0.2, -0.15) is 0 Å². The normalized spacial score (nSPS) is 17.7. The van der Waals surface area contributed by atoms with E-state index in [9.17, 15) is 8.42 Å². The summed E-state index contributed by atoms with van der Waals surface area (Å²) < 4.78 is 26.6. The summed E-state index contributed by atoms with van der Waals surface area (Å²) in [6, 6.07) is 0.411. The minimum atomic E-state index is -3.13. The fourth-order valence-corrected chi connectivity index (χ4v) is 3.59. The standard InChI is InChI=1S/C12H26N2O2S/c1-10(2)13-8-5-9-17(15,16)14-12(3,4)11-6-7-11/h10-11,13-14H,5-9H2,1-4H3. The Morgan fingerprint density at radius 1 is 1.29 bits per heavy atom. The molecule has 0 aromatic carbocycles. The van der Waals surface area contributed by atoms with Crippen LogP contribution < -0.4 is 10.0 Å². The Bertz CT molecular complexity index is 332. The topological polar surface area (TPSA) is 58.2 Å². The van der Waals surface area contributed by atoms with Gasteiger partial charge < -0.3 is 5.32 Å². The van der Waals surface area contributed by atoms with Crippen molar-refractivity contribution in [3.63, 3.8) is 0 Å². The minimum absolute atomic E-state index is 0.211. The molecule has 5 heteroatoms. The van der Waals surface area contributed by atoms with Crippen LogP contribution >= 0.6 is 0 Å². The molecular formula is C12H26N2O2S. The number of hydrogen-bond donors (Lipinski definition) is 2. The van der Waals surface area contributed by atoms with Gasteiger partial charge in [-0.15, -0.1) is 0 Å². The SMILES string of the molecule is CC(C)NCCCS(=O)(=O)NC(C)(C)C1CC1. The van der Waals surface area contributed by atoms with Crippen molar-refractivity contribution in [2.24, 2.45) is 5.92 Å². The van der Waals surface area contributed by atoms with E-state index in [4.69, 9.17) is 0 Å². The molecule has 1 saturated carbocycles. The summed E-state index contributed by atoms with van der Waals surface area (Å²) in [7, 11) is -3.13. The zero-order valence-electron chi connectivity index (χ0n) is 11.4. The lowest BCUT2D eigenvalue weighted by Crippen LogP contribution is -2.46. The van der Waals surface area contributed by atoms with Crippen molar-refractivity contribution in [3.8, 4) is 0 Å². The second-order valence-electron chi connectivity index (χ2n) is 5.88. The first-order chi connectivity index (χ1) is 7.73.